The number of nitrogen functional groups attached to an aromatic ring is 1. The molecule has 0 saturated heterocycles. The van der Waals surface area contributed by atoms with Gasteiger partial charge in [-0.2, -0.15) is 4.98 Å². The van der Waals surface area contributed by atoms with Crippen LogP contribution < -0.4 is 5.73 Å². The van der Waals surface area contributed by atoms with Crippen molar-refractivity contribution in [2.45, 2.75) is 0 Å². The van der Waals surface area contributed by atoms with Gasteiger partial charge in [-0.1, -0.05) is 16.8 Å². The van der Waals surface area contributed by atoms with E-state index in [1.807, 2.05) is 18.2 Å². The minimum atomic E-state index is 0.431. The van der Waals surface area contributed by atoms with Crippen LogP contribution in [-0.4, -0.2) is 10.1 Å². The Morgan fingerprint density at radius 3 is 2.55 bits per heavy atom. The molecular formula is C14H9BrClN3O. The number of hydrogen-bond acceptors (Lipinski definition) is 4. The molecule has 4 nitrogen and oxygen atoms in total. The summed E-state index contributed by atoms with van der Waals surface area (Å²) in [5.74, 6) is 0.946. The molecule has 0 aliphatic rings. The molecule has 1 heterocycles. The predicted octanol–water partition coefficient (Wildman–Crippen LogP) is 4.40. The third kappa shape index (κ3) is 2.55. The topological polar surface area (TPSA) is 64.9 Å². The van der Waals surface area contributed by atoms with Gasteiger partial charge in [-0.15, -0.1) is 0 Å². The van der Waals surface area contributed by atoms with Crippen LogP contribution in [0.15, 0.2) is 51.5 Å². The number of rotatable bonds is 2. The predicted molar refractivity (Wildman–Crippen MR) is 82.3 cm³/mol. The van der Waals surface area contributed by atoms with E-state index in [0.29, 0.717) is 22.4 Å². The average molecular weight is 351 g/mol. The quantitative estimate of drug-likeness (QED) is 0.696. The summed E-state index contributed by atoms with van der Waals surface area (Å²) in [4.78, 5) is 4.38. The van der Waals surface area contributed by atoms with E-state index in [9.17, 15) is 0 Å². The van der Waals surface area contributed by atoms with Gasteiger partial charge in [0.05, 0.1) is 5.56 Å². The molecule has 2 aromatic carbocycles. The fourth-order valence-electron chi connectivity index (χ4n) is 1.75. The largest absolute Gasteiger partial charge is 0.399 e. The number of aromatic nitrogens is 2. The van der Waals surface area contributed by atoms with Crippen LogP contribution >= 0.6 is 27.5 Å². The third-order valence-electron chi connectivity index (χ3n) is 2.76. The Kier molecular flexibility index (Phi) is 3.46. The molecule has 0 unspecified atom stereocenters. The van der Waals surface area contributed by atoms with Crippen molar-refractivity contribution in [2.24, 2.45) is 0 Å². The molecule has 0 spiro atoms. The first-order chi connectivity index (χ1) is 9.63. The lowest BCUT2D eigenvalue weighted by Crippen LogP contribution is -1.85. The summed E-state index contributed by atoms with van der Waals surface area (Å²) in [6.45, 7) is 0. The highest BCUT2D eigenvalue weighted by molar-refractivity contribution is 9.10. The van der Waals surface area contributed by atoms with Gasteiger partial charge in [0.1, 0.15) is 0 Å². The second kappa shape index (κ2) is 5.26. The van der Waals surface area contributed by atoms with Gasteiger partial charge in [0, 0.05) is 20.7 Å². The second-order valence-electron chi connectivity index (χ2n) is 4.17. The van der Waals surface area contributed by atoms with Crippen molar-refractivity contribution in [3.05, 3.63) is 52.0 Å². The number of halogens is 2. The molecular weight excluding hydrogens is 342 g/mol. The van der Waals surface area contributed by atoms with Crippen molar-refractivity contribution >= 4 is 33.2 Å². The first kappa shape index (κ1) is 13.1. The maximum Gasteiger partial charge on any atom is 0.259 e. The van der Waals surface area contributed by atoms with Crippen LogP contribution in [0.2, 0.25) is 5.02 Å². The fourth-order valence-corrected chi connectivity index (χ4v) is 2.60. The highest BCUT2D eigenvalue weighted by Gasteiger charge is 2.13. The van der Waals surface area contributed by atoms with Crippen LogP contribution in [0.25, 0.3) is 22.8 Å². The van der Waals surface area contributed by atoms with Crippen molar-refractivity contribution in [3.8, 4) is 22.8 Å². The molecule has 3 rings (SSSR count). The smallest absolute Gasteiger partial charge is 0.259 e. The summed E-state index contributed by atoms with van der Waals surface area (Å²) < 4.78 is 6.09. The molecule has 0 bridgehead atoms. The molecule has 0 atom stereocenters. The minimum absolute atomic E-state index is 0.431. The highest BCUT2D eigenvalue weighted by Crippen LogP contribution is 2.30. The Bertz CT molecular complexity index is 755. The van der Waals surface area contributed by atoms with E-state index in [4.69, 9.17) is 21.9 Å². The van der Waals surface area contributed by atoms with Crippen LogP contribution in [0.3, 0.4) is 0 Å². The maximum absolute atomic E-state index is 5.91. The Hall–Kier alpha value is -1.85. The normalized spacial score (nSPS) is 10.7. The van der Waals surface area contributed by atoms with Crippen molar-refractivity contribution in [3.63, 3.8) is 0 Å². The van der Waals surface area contributed by atoms with Crippen LogP contribution in [0, 0.1) is 0 Å². The van der Waals surface area contributed by atoms with E-state index in [1.165, 1.54) is 0 Å². The van der Waals surface area contributed by atoms with E-state index >= 15 is 0 Å². The lowest BCUT2D eigenvalue weighted by Gasteiger charge is -1.98. The summed E-state index contributed by atoms with van der Waals surface area (Å²) in [5, 5.41) is 4.61. The molecule has 0 aliphatic heterocycles. The Labute approximate surface area is 128 Å². The highest BCUT2D eigenvalue weighted by atomic mass is 79.9. The van der Waals surface area contributed by atoms with E-state index in [1.54, 1.807) is 24.3 Å². The maximum atomic E-state index is 5.91. The number of nitrogens with zero attached hydrogens (tertiary/aromatic N) is 2. The average Bonchev–Trinajstić information content (AvgIpc) is 2.89. The van der Waals surface area contributed by atoms with Gasteiger partial charge < -0.3 is 10.3 Å². The Balaban J connectivity index is 1.99. The number of nitrogens with two attached hydrogens (primary N) is 1. The summed E-state index contributed by atoms with van der Waals surface area (Å²) >= 11 is 9.34. The van der Waals surface area contributed by atoms with E-state index < -0.39 is 0 Å². The molecule has 0 radical (unpaired) electrons. The zero-order chi connectivity index (χ0) is 14.1. The van der Waals surface area contributed by atoms with Crippen molar-refractivity contribution < 1.29 is 4.52 Å². The van der Waals surface area contributed by atoms with Gasteiger partial charge in [-0.05, 0) is 58.4 Å². The first-order valence-corrected chi connectivity index (χ1v) is 6.95. The van der Waals surface area contributed by atoms with E-state index in [0.717, 1.165) is 15.6 Å². The fraction of sp³-hybridized carbons (Fsp3) is 0. The first-order valence-electron chi connectivity index (χ1n) is 5.78. The monoisotopic (exact) mass is 349 g/mol. The van der Waals surface area contributed by atoms with Crippen molar-refractivity contribution in [2.75, 3.05) is 5.73 Å². The van der Waals surface area contributed by atoms with Crippen LogP contribution in [0.4, 0.5) is 5.69 Å². The summed E-state index contributed by atoms with van der Waals surface area (Å²) in [7, 11) is 0. The van der Waals surface area contributed by atoms with Crippen molar-refractivity contribution in [1.82, 2.24) is 10.1 Å². The van der Waals surface area contributed by atoms with Gasteiger partial charge >= 0.3 is 0 Å². The van der Waals surface area contributed by atoms with Gasteiger partial charge in [0.15, 0.2) is 0 Å². The molecule has 0 fully saturated rings. The number of hydrogen-bond donors (Lipinski definition) is 1. The Morgan fingerprint density at radius 2 is 1.85 bits per heavy atom. The zero-order valence-electron chi connectivity index (χ0n) is 10.2. The molecule has 6 heteroatoms. The summed E-state index contributed by atoms with van der Waals surface area (Å²) in [6, 6.07) is 12.7. The van der Waals surface area contributed by atoms with E-state index in [-0.39, 0.29) is 0 Å². The van der Waals surface area contributed by atoms with Crippen LogP contribution in [0.1, 0.15) is 0 Å². The molecule has 0 amide bonds. The lowest BCUT2D eigenvalue weighted by atomic mass is 10.2. The molecule has 20 heavy (non-hydrogen) atoms. The van der Waals surface area contributed by atoms with Crippen LogP contribution in [-0.2, 0) is 0 Å². The summed E-state index contributed by atoms with van der Waals surface area (Å²) in [6.07, 6.45) is 0. The molecule has 100 valence electrons. The number of benzene rings is 2. The van der Waals surface area contributed by atoms with Gasteiger partial charge in [0.25, 0.3) is 5.89 Å². The van der Waals surface area contributed by atoms with Gasteiger partial charge in [-0.25, -0.2) is 0 Å². The molecule has 3 aromatic rings. The molecule has 1 aromatic heterocycles. The minimum Gasteiger partial charge on any atom is -0.399 e. The van der Waals surface area contributed by atoms with Gasteiger partial charge in [-0.3, -0.25) is 0 Å². The van der Waals surface area contributed by atoms with Crippen LogP contribution in [0.5, 0.6) is 0 Å². The van der Waals surface area contributed by atoms with Crippen molar-refractivity contribution in [1.29, 1.82) is 0 Å². The number of anilines is 1. The lowest BCUT2D eigenvalue weighted by molar-refractivity contribution is 0.432. The zero-order valence-corrected chi connectivity index (χ0v) is 12.5. The Morgan fingerprint density at radius 1 is 1.10 bits per heavy atom. The van der Waals surface area contributed by atoms with E-state index in [2.05, 4.69) is 26.1 Å². The SMILES string of the molecule is Nc1ccc(-c2noc(-c3ccc(Cl)cc3Br)n2)cc1. The molecule has 0 aliphatic carbocycles. The molecule has 0 saturated carbocycles. The summed E-state index contributed by atoms with van der Waals surface area (Å²) in [5.41, 5.74) is 7.99. The van der Waals surface area contributed by atoms with Gasteiger partial charge in [0.2, 0.25) is 5.82 Å². The molecule has 2 N–H and O–H groups in total. The second-order valence-corrected chi connectivity index (χ2v) is 5.46. The standard InChI is InChI=1S/C14H9BrClN3O/c15-12-7-9(16)3-6-11(12)14-18-13(19-20-14)8-1-4-10(17)5-2-8/h1-7H,17H2. The third-order valence-corrected chi connectivity index (χ3v) is 3.65.